The molecule has 3 heterocycles. The van der Waals surface area contributed by atoms with Crippen molar-refractivity contribution in [2.45, 2.75) is 50.9 Å². The molecule has 0 saturated carbocycles. The Morgan fingerprint density at radius 1 is 1.19 bits per heavy atom. The van der Waals surface area contributed by atoms with Crippen LogP contribution in [0.25, 0.3) is 0 Å². The number of nitrogens with zero attached hydrogens (tertiary/aromatic N) is 2. The Balaban J connectivity index is 1.50. The lowest BCUT2D eigenvalue weighted by Crippen LogP contribution is -2.52. The zero-order valence-electron chi connectivity index (χ0n) is 14.7. The normalized spacial score (nSPS) is 26.3. The van der Waals surface area contributed by atoms with Crippen LogP contribution in [-0.4, -0.2) is 52.7 Å². The van der Waals surface area contributed by atoms with E-state index in [1.807, 2.05) is 12.1 Å². The Hall–Kier alpha value is -2.25. The lowest BCUT2D eigenvalue weighted by Gasteiger charge is -2.29. The number of nitrogens with one attached hydrogen (secondary N) is 1. The molecule has 3 aliphatic rings. The van der Waals surface area contributed by atoms with Gasteiger partial charge in [0.2, 0.25) is 11.8 Å². The summed E-state index contributed by atoms with van der Waals surface area (Å²) in [5.41, 5.74) is 8.64. The predicted molar refractivity (Wildman–Crippen MR) is 95.0 cm³/mol. The van der Waals surface area contributed by atoms with Crippen molar-refractivity contribution < 1.29 is 14.4 Å². The van der Waals surface area contributed by atoms with Crippen LogP contribution in [-0.2, 0) is 22.7 Å². The number of likely N-dealkylation sites (tertiary alicyclic amines) is 1. The Morgan fingerprint density at radius 2 is 2.04 bits per heavy atom. The Morgan fingerprint density at radius 3 is 2.81 bits per heavy atom. The first-order chi connectivity index (χ1) is 12.6. The molecule has 3 N–H and O–H groups in total. The molecule has 7 heteroatoms. The van der Waals surface area contributed by atoms with Crippen LogP contribution in [0.15, 0.2) is 18.2 Å². The summed E-state index contributed by atoms with van der Waals surface area (Å²) in [6.45, 7) is 2.99. The van der Waals surface area contributed by atoms with Crippen LogP contribution in [0.5, 0.6) is 0 Å². The number of benzene rings is 1. The van der Waals surface area contributed by atoms with Crippen LogP contribution in [0.2, 0.25) is 0 Å². The van der Waals surface area contributed by atoms with Crippen LogP contribution >= 0.6 is 0 Å². The van der Waals surface area contributed by atoms with Crippen LogP contribution in [0.1, 0.15) is 47.2 Å². The molecule has 0 radical (unpaired) electrons. The summed E-state index contributed by atoms with van der Waals surface area (Å²) in [4.78, 5) is 40.2. The number of carbonyl (C=O) groups excluding carboxylic acids is 3. The van der Waals surface area contributed by atoms with Gasteiger partial charge < -0.3 is 10.6 Å². The van der Waals surface area contributed by atoms with Crippen LogP contribution in [0.4, 0.5) is 0 Å². The number of piperidine rings is 1. The third-order valence-electron chi connectivity index (χ3n) is 5.74. The number of imide groups is 1. The van der Waals surface area contributed by atoms with E-state index in [0.29, 0.717) is 31.1 Å². The van der Waals surface area contributed by atoms with E-state index in [2.05, 4.69) is 16.3 Å². The molecule has 2 fully saturated rings. The Bertz CT molecular complexity index is 763. The van der Waals surface area contributed by atoms with Gasteiger partial charge >= 0.3 is 0 Å². The number of amides is 3. The van der Waals surface area contributed by atoms with Gasteiger partial charge in [-0.3, -0.25) is 24.6 Å². The number of rotatable bonds is 4. The fourth-order valence-electron chi connectivity index (χ4n) is 4.33. The zero-order chi connectivity index (χ0) is 18.3. The topological polar surface area (TPSA) is 95.7 Å². The van der Waals surface area contributed by atoms with E-state index in [1.165, 1.54) is 12.0 Å². The lowest BCUT2D eigenvalue weighted by molar-refractivity contribution is -0.136. The van der Waals surface area contributed by atoms with Crippen LogP contribution in [0, 0.1) is 0 Å². The van der Waals surface area contributed by atoms with Gasteiger partial charge in [0.05, 0.1) is 0 Å². The van der Waals surface area contributed by atoms with Gasteiger partial charge in [0.1, 0.15) is 6.04 Å². The summed E-state index contributed by atoms with van der Waals surface area (Å²) in [6.07, 6.45) is 2.98. The summed E-state index contributed by atoms with van der Waals surface area (Å²) in [5, 5.41) is 2.33. The third kappa shape index (κ3) is 3.01. The van der Waals surface area contributed by atoms with Gasteiger partial charge in [0, 0.05) is 37.7 Å². The highest BCUT2D eigenvalue weighted by Crippen LogP contribution is 2.29. The molecule has 1 aromatic carbocycles. The summed E-state index contributed by atoms with van der Waals surface area (Å²) >= 11 is 0. The largest absolute Gasteiger partial charge is 0.329 e. The first kappa shape index (κ1) is 17.2. The predicted octanol–water partition coefficient (Wildman–Crippen LogP) is 0.371. The number of nitrogens with two attached hydrogens (primary N) is 1. The second kappa shape index (κ2) is 6.81. The minimum absolute atomic E-state index is 0.123. The molecule has 1 unspecified atom stereocenters. The van der Waals surface area contributed by atoms with E-state index in [-0.39, 0.29) is 24.1 Å². The highest BCUT2D eigenvalue weighted by atomic mass is 16.2. The van der Waals surface area contributed by atoms with Crippen molar-refractivity contribution in [3.8, 4) is 0 Å². The third-order valence-corrected chi connectivity index (χ3v) is 5.74. The van der Waals surface area contributed by atoms with Crippen molar-refractivity contribution in [1.82, 2.24) is 15.1 Å². The Labute approximate surface area is 152 Å². The van der Waals surface area contributed by atoms with Crippen molar-refractivity contribution in [3.63, 3.8) is 0 Å². The van der Waals surface area contributed by atoms with Crippen molar-refractivity contribution in [2.24, 2.45) is 5.73 Å². The van der Waals surface area contributed by atoms with Gasteiger partial charge in [-0.25, -0.2) is 0 Å². The quantitative estimate of drug-likeness (QED) is 0.760. The fraction of sp³-hybridized carbons (Fsp3) is 0.526. The molecule has 0 spiro atoms. The SMILES string of the molecule is NC[C@H]1CCCN1Cc1ccc2c(c1)CN(C1CCC(=O)NC1=O)C2=O. The van der Waals surface area contributed by atoms with E-state index in [1.54, 1.807) is 4.90 Å². The fourth-order valence-corrected chi connectivity index (χ4v) is 4.33. The molecule has 0 bridgehead atoms. The molecule has 4 rings (SSSR count). The molecule has 26 heavy (non-hydrogen) atoms. The molecule has 3 amide bonds. The smallest absolute Gasteiger partial charge is 0.255 e. The molecule has 2 atom stereocenters. The van der Waals surface area contributed by atoms with E-state index >= 15 is 0 Å². The van der Waals surface area contributed by atoms with Crippen molar-refractivity contribution in [2.75, 3.05) is 13.1 Å². The summed E-state index contributed by atoms with van der Waals surface area (Å²) < 4.78 is 0. The number of carbonyl (C=O) groups is 3. The van der Waals surface area contributed by atoms with E-state index in [0.717, 1.165) is 25.1 Å². The van der Waals surface area contributed by atoms with Gasteiger partial charge in [-0.05, 0) is 43.0 Å². The molecule has 3 aliphatic heterocycles. The number of hydrogen-bond donors (Lipinski definition) is 2. The first-order valence-corrected chi connectivity index (χ1v) is 9.27. The van der Waals surface area contributed by atoms with Crippen LogP contribution in [0.3, 0.4) is 0 Å². The maximum absolute atomic E-state index is 12.7. The molecular formula is C19H24N4O3. The second-order valence-corrected chi connectivity index (χ2v) is 7.39. The van der Waals surface area contributed by atoms with E-state index in [9.17, 15) is 14.4 Å². The number of fused-ring (bicyclic) bond motifs is 1. The minimum Gasteiger partial charge on any atom is -0.329 e. The van der Waals surface area contributed by atoms with Gasteiger partial charge in [-0.1, -0.05) is 12.1 Å². The van der Waals surface area contributed by atoms with E-state index in [4.69, 9.17) is 5.73 Å². The highest BCUT2D eigenvalue weighted by Gasteiger charge is 2.39. The maximum Gasteiger partial charge on any atom is 0.255 e. The highest BCUT2D eigenvalue weighted by molar-refractivity contribution is 6.05. The summed E-state index contributed by atoms with van der Waals surface area (Å²) in [6, 6.07) is 5.81. The molecule has 0 aliphatic carbocycles. The second-order valence-electron chi connectivity index (χ2n) is 7.39. The molecular weight excluding hydrogens is 332 g/mol. The molecule has 1 aromatic rings. The van der Waals surface area contributed by atoms with Crippen LogP contribution < -0.4 is 11.1 Å². The van der Waals surface area contributed by atoms with Gasteiger partial charge in [0.15, 0.2) is 0 Å². The van der Waals surface area contributed by atoms with Crippen molar-refractivity contribution in [1.29, 1.82) is 0 Å². The molecule has 0 aromatic heterocycles. The van der Waals surface area contributed by atoms with Gasteiger partial charge in [0.25, 0.3) is 5.91 Å². The van der Waals surface area contributed by atoms with Gasteiger partial charge in [-0.15, -0.1) is 0 Å². The monoisotopic (exact) mass is 356 g/mol. The molecule has 2 saturated heterocycles. The maximum atomic E-state index is 12.7. The standard InChI is InChI=1S/C19H24N4O3/c20-9-14-2-1-7-22(14)10-12-3-4-15-13(8-12)11-23(19(15)26)16-5-6-17(24)21-18(16)25/h3-4,8,14,16H,1-2,5-7,9-11,20H2,(H,21,24,25)/t14-,16?/m1/s1. The zero-order valence-corrected chi connectivity index (χ0v) is 14.7. The Kier molecular flexibility index (Phi) is 4.50. The van der Waals surface area contributed by atoms with Gasteiger partial charge in [-0.2, -0.15) is 0 Å². The summed E-state index contributed by atoms with van der Waals surface area (Å²) in [7, 11) is 0. The molecule has 138 valence electrons. The van der Waals surface area contributed by atoms with Crippen molar-refractivity contribution >= 4 is 17.7 Å². The minimum atomic E-state index is -0.559. The molecule has 7 nitrogen and oxygen atoms in total. The summed E-state index contributed by atoms with van der Waals surface area (Å²) in [5.74, 6) is -0.759. The average molecular weight is 356 g/mol. The average Bonchev–Trinajstić information content (AvgIpc) is 3.19. The first-order valence-electron chi connectivity index (χ1n) is 9.27. The lowest BCUT2D eigenvalue weighted by atomic mass is 10.0. The number of hydrogen-bond acceptors (Lipinski definition) is 5. The van der Waals surface area contributed by atoms with Crippen molar-refractivity contribution in [3.05, 3.63) is 34.9 Å². The van der Waals surface area contributed by atoms with E-state index < -0.39 is 6.04 Å².